The summed E-state index contributed by atoms with van der Waals surface area (Å²) < 4.78 is 0. The van der Waals surface area contributed by atoms with Crippen molar-refractivity contribution in [1.82, 2.24) is 0 Å². The molecule has 0 radical (unpaired) electrons. The van der Waals surface area contributed by atoms with Crippen molar-refractivity contribution in [3.05, 3.63) is 158 Å². The quantitative estimate of drug-likeness (QED) is 0.176. The molecule has 0 amide bonds. The molecule has 0 saturated heterocycles. The number of rotatable bonds is 8. The van der Waals surface area contributed by atoms with E-state index in [1.54, 1.807) is 0 Å². The van der Waals surface area contributed by atoms with Crippen LogP contribution in [-0.2, 0) is 0 Å². The van der Waals surface area contributed by atoms with Gasteiger partial charge in [-0.25, -0.2) is 0 Å². The molecule has 10 rings (SSSR count). The summed E-state index contributed by atoms with van der Waals surface area (Å²) in [5, 5.41) is 3.58. The van der Waals surface area contributed by atoms with Crippen molar-refractivity contribution in [1.29, 1.82) is 0 Å². The molecule has 252 valence electrons. The fourth-order valence-electron chi connectivity index (χ4n) is 5.48. The largest absolute Gasteiger partial charge is 0.356 e. The number of anilines is 4. The number of nitrogens with zero attached hydrogens (tertiary/aromatic N) is 1. The molecule has 0 aromatic heterocycles. The Morgan fingerprint density at radius 1 is 0.340 bits per heavy atom. The summed E-state index contributed by atoms with van der Waals surface area (Å²) in [4.78, 5) is 2.50. The highest BCUT2D eigenvalue weighted by atomic mass is 15.2. The van der Waals surface area contributed by atoms with Gasteiger partial charge in [0.2, 0.25) is 0 Å². The molecule has 0 unspecified atom stereocenters. The molecule has 6 aromatic rings. The normalized spacial score (nSPS) is 14.6. The standard InChI is InChI=1S/C39H32N2.3C3H6/c1-3-8-29(9-4-1)31-14-20-35(21-15-31)40-36-13-7-12-34(28-36)33-18-24-38(25-19-33)41(39-26-27-39)37-22-16-32(17-23-37)30-10-5-2-6-11-30;3*1-2-3-1/h1-25,28,39-40H,26-27H2;3*1-3H2. The zero-order valence-electron chi connectivity index (χ0n) is 29.3. The van der Waals surface area contributed by atoms with Crippen LogP contribution in [0, 0.1) is 0 Å². The Bertz CT molecular complexity index is 1850. The lowest BCUT2D eigenvalue weighted by Gasteiger charge is -2.25. The molecule has 50 heavy (non-hydrogen) atoms. The number of hydrogen-bond acceptors (Lipinski definition) is 2. The van der Waals surface area contributed by atoms with E-state index in [0.717, 1.165) is 11.4 Å². The van der Waals surface area contributed by atoms with Gasteiger partial charge in [-0.05, 0) is 94.8 Å². The van der Waals surface area contributed by atoms with Gasteiger partial charge in [-0.15, -0.1) is 0 Å². The molecular formula is C48H50N2. The SMILES string of the molecule is C1CC1.C1CC1.C1CC1.c1ccc(-c2ccc(Nc3cccc(-c4ccc(N(c5ccc(-c6ccccc6)cc5)C5CC5)cc4)c3)cc2)cc1. The van der Waals surface area contributed by atoms with Crippen LogP contribution in [0.3, 0.4) is 0 Å². The molecule has 2 heteroatoms. The molecule has 2 nitrogen and oxygen atoms in total. The van der Waals surface area contributed by atoms with E-state index in [2.05, 4.69) is 162 Å². The Labute approximate surface area is 299 Å². The summed E-state index contributed by atoms with van der Waals surface area (Å²) in [5.74, 6) is 0. The maximum Gasteiger partial charge on any atom is 0.0413 e. The average Bonchev–Trinajstić information content (AvgIpc) is 3.99. The van der Waals surface area contributed by atoms with E-state index in [9.17, 15) is 0 Å². The smallest absolute Gasteiger partial charge is 0.0413 e. The third-order valence-corrected chi connectivity index (χ3v) is 8.85. The van der Waals surface area contributed by atoms with Crippen molar-refractivity contribution in [2.75, 3.05) is 10.2 Å². The van der Waals surface area contributed by atoms with Gasteiger partial charge in [-0.2, -0.15) is 0 Å². The summed E-state index contributed by atoms with van der Waals surface area (Å²) in [6, 6.07) is 56.9. The zero-order valence-corrected chi connectivity index (χ0v) is 29.3. The van der Waals surface area contributed by atoms with Crippen LogP contribution in [0.2, 0.25) is 0 Å². The predicted molar refractivity (Wildman–Crippen MR) is 216 cm³/mol. The topological polar surface area (TPSA) is 15.3 Å². The highest BCUT2D eigenvalue weighted by molar-refractivity contribution is 5.76. The molecule has 1 N–H and O–H groups in total. The summed E-state index contributed by atoms with van der Waals surface area (Å²) in [7, 11) is 0. The van der Waals surface area contributed by atoms with Gasteiger partial charge < -0.3 is 10.2 Å². The van der Waals surface area contributed by atoms with E-state index in [4.69, 9.17) is 0 Å². The number of nitrogens with one attached hydrogen (secondary N) is 1. The minimum atomic E-state index is 0.573. The van der Waals surface area contributed by atoms with E-state index in [1.807, 2.05) is 6.07 Å². The second-order valence-electron chi connectivity index (χ2n) is 13.9. The van der Waals surface area contributed by atoms with E-state index in [0.29, 0.717) is 6.04 Å². The van der Waals surface area contributed by atoms with Crippen LogP contribution in [0.4, 0.5) is 22.7 Å². The van der Waals surface area contributed by atoms with Crippen molar-refractivity contribution in [3.8, 4) is 33.4 Å². The minimum absolute atomic E-state index is 0.573. The first-order valence-electron chi connectivity index (χ1n) is 18.9. The fraction of sp³-hybridized carbons (Fsp3) is 0.250. The third kappa shape index (κ3) is 10.5. The van der Waals surface area contributed by atoms with Crippen LogP contribution in [0.15, 0.2) is 158 Å². The Balaban J connectivity index is 0.000000379. The first-order chi connectivity index (χ1) is 24.8. The maximum absolute atomic E-state index is 3.58. The molecule has 4 fully saturated rings. The van der Waals surface area contributed by atoms with E-state index in [1.165, 1.54) is 115 Å². The van der Waals surface area contributed by atoms with E-state index < -0.39 is 0 Å². The van der Waals surface area contributed by atoms with E-state index in [-0.39, 0.29) is 0 Å². The van der Waals surface area contributed by atoms with E-state index >= 15 is 0 Å². The molecule has 6 aromatic carbocycles. The molecule has 0 spiro atoms. The van der Waals surface area contributed by atoms with Crippen LogP contribution in [0.25, 0.3) is 33.4 Å². The number of benzene rings is 6. The zero-order chi connectivity index (χ0) is 33.8. The Morgan fingerprint density at radius 2 is 0.720 bits per heavy atom. The van der Waals surface area contributed by atoms with Crippen LogP contribution in [0.1, 0.15) is 70.6 Å². The summed E-state index contributed by atoms with van der Waals surface area (Å²) in [5.41, 5.74) is 12.0. The van der Waals surface area contributed by atoms with Crippen LogP contribution in [-0.4, -0.2) is 6.04 Å². The first-order valence-corrected chi connectivity index (χ1v) is 18.9. The van der Waals surface area contributed by atoms with Crippen LogP contribution < -0.4 is 10.2 Å². The lowest BCUT2D eigenvalue weighted by molar-refractivity contribution is 0.971. The monoisotopic (exact) mass is 654 g/mol. The van der Waals surface area contributed by atoms with Gasteiger partial charge in [-0.1, -0.05) is 167 Å². The third-order valence-electron chi connectivity index (χ3n) is 8.85. The molecular weight excluding hydrogens is 605 g/mol. The molecule has 4 saturated carbocycles. The summed E-state index contributed by atoms with van der Waals surface area (Å²) >= 11 is 0. The van der Waals surface area contributed by atoms with Crippen molar-refractivity contribution in [2.24, 2.45) is 0 Å². The molecule has 0 atom stereocenters. The molecule has 4 aliphatic rings. The predicted octanol–water partition coefficient (Wildman–Crippen LogP) is 14.2. The maximum atomic E-state index is 3.58. The van der Waals surface area contributed by atoms with Crippen LogP contribution >= 0.6 is 0 Å². The van der Waals surface area contributed by atoms with Crippen molar-refractivity contribution < 1.29 is 0 Å². The molecule has 0 bridgehead atoms. The Kier molecular flexibility index (Phi) is 11.4. The second kappa shape index (κ2) is 17.0. The first kappa shape index (κ1) is 33.4. The van der Waals surface area contributed by atoms with Gasteiger partial charge in [0.05, 0.1) is 0 Å². The molecule has 0 aliphatic heterocycles. The highest BCUT2D eigenvalue weighted by Gasteiger charge is 2.30. The molecule has 0 heterocycles. The van der Waals surface area contributed by atoms with Crippen LogP contribution in [0.5, 0.6) is 0 Å². The highest BCUT2D eigenvalue weighted by Crippen LogP contribution is 2.39. The van der Waals surface area contributed by atoms with Crippen molar-refractivity contribution in [2.45, 2.75) is 76.7 Å². The number of hydrogen-bond donors (Lipinski definition) is 1. The van der Waals surface area contributed by atoms with Gasteiger partial charge in [0.15, 0.2) is 0 Å². The summed E-state index contributed by atoms with van der Waals surface area (Å²) in [6.45, 7) is 0. The fourth-order valence-corrected chi connectivity index (χ4v) is 5.48. The van der Waals surface area contributed by atoms with Gasteiger partial charge in [0, 0.05) is 28.8 Å². The van der Waals surface area contributed by atoms with Crippen molar-refractivity contribution in [3.63, 3.8) is 0 Å². The average molecular weight is 655 g/mol. The molecule has 4 aliphatic carbocycles. The minimum Gasteiger partial charge on any atom is -0.356 e. The van der Waals surface area contributed by atoms with Gasteiger partial charge in [0.1, 0.15) is 0 Å². The lowest BCUT2D eigenvalue weighted by Crippen LogP contribution is -2.19. The second-order valence-corrected chi connectivity index (χ2v) is 13.9. The van der Waals surface area contributed by atoms with Gasteiger partial charge in [0.25, 0.3) is 0 Å². The van der Waals surface area contributed by atoms with Crippen molar-refractivity contribution >= 4 is 22.7 Å². The Hall–Kier alpha value is -5.08. The summed E-state index contributed by atoms with van der Waals surface area (Å²) in [6.07, 6.45) is 16.0. The lowest BCUT2D eigenvalue weighted by atomic mass is 10.0. The Morgan fingerprint density at radius 3 is 1.14 bits per heavy atom. The van der Waals surface area contributed by atoms with Gasteiger partial charge in [-0.3, -0.25) is 0 Å². The van der Waals surface area contributed by atoms with Gasteiger partial charge >= 0.3 is 0 Å².